The number of benzene rings is 1. The predicted molar refractivity (Wildman–Crippen MR) is 119 cm³/mol. The zero-order chi connectivity index (χ0) is 17.4. The molecule has 2 N–H and O–H groups in total. The zero-order valence-corrected chi connectivity index (χ0v) is 19.4. The van der Waals surface area contributed by atoms with Crippen molar-refractivity contribution in [2.24, 2.45) is 4.99 Å². The Morgan fingerprint density at radius 1 is 1.24 bits per heavy atom. The SMILES string of the molecule is CCNC(=NCc1sc(C)nc1C)NCCOc1ccc(Br)cc1.I. The quantitative estimate of drug-likeness (QED) is 0.239. The first kappa shape index (κ1) is 22.2. The van der Waals surface area contributed by atoms with Gasteiger partial charge in [0.2, 0.25) is 0 Å². The standard InChI is InChI=1S/C17H23BrN4OS.HI/c1-4-19-17(21-11-16-12(2)22-13(3)24-16)20-9-10-23-15-7-5-14(18)6-8-15;/h5-8H,4,9-11H2,1-3H3,(H2,19,20,21);1H. The van der Waals surface area contributed by atoms with Gasteiger partial charge >= 0.3 is 0 Å². The number of aromatic nitrogens is 1. The highest BCUT2D eigenvalue weighted by Gasteiger charge is 2.04. The van der Waals surface area contributed by atoms with E-state index < -0.39 is 0 Å². The first-order valence-electron chi connectivity index (χ1n) is 7.92. The molecule has 0 aliphatic rings. The Morgan fingerprint density at radius 3 is 2.56 bits per heavy atom. The van der Waals surface area contributed by atoms with E-state index in [1.165, 1.54) is 4.88 Å². The lowest BCUT2D eigenvalue weighted by atomic mass is 10.3. The van der Waals surface area contributed by atoms with Crippen LogP contribution in [0.5, 0.6) is 5.75 Å². The number of aryl methyl sites for hydroxylation is 2. The molecule has 138 valence electrons. The van der Waals surface area contributed by atoms with Gasteiger partial charge in [-0.05, 0) is 45.0 Å². The summed E-state index contributed by atoms with van der Waals surface area (Å²) in [5, 5.41) is 7.62. The van der Waals surface area contributed by atoms with Crippen molar-refractivity contribution in [3.8, 4) is 5.75 Å². The molecule has 25 heavy (non-hydrogen) atoms. The van der Waals surface area contributed by atoms with Crippen LogP contribution in [0.2, 0.25) is 0 Å². The monoisotopic (exact) mass is 538 g/mol. The Hall–Kier alpha value is -0.870. The maximum Gasteiger partial charge on any atom is 0.191 e. The number of nitrogens with zero attached hydrogens (tertiary/aromatic N) is 2. The molecule has 2 aromatic rings. The number of hydrogen-bond donors (Lipinski definition) is 2. The first-order valence-corrected chi connectivity index (χ1v) is 9.53. The van der Waals surface area contributed by atoms with Gasteiger partial charge in [-0.2, -0.15) is 0 Å². The average molecular weight is 539 g/mol. The van der Waals surface area contributed by atoms with E-state index in [4.69, 9.17) is 4.74 Å². The summed E-state index contributed by atoms with van der Waals surface area (Å²) >= 11 is 5.11. The van der Waals surface area contributed by atoms with Gasteiger partial charge in [0.05, 0.1) is 23.8 Å². The molecule has 0 saturated heterocycles. The minimum Gasteiger partial charge on any atom is -0.492 e. The van der Waals surface area contributed by atoms with Crippen LogP contribution >= 0.6 is 51.2 Å². The summed E-state index contributed by atoms with van der Waals surface area (Å²) in [6.45, 7) is 8.82. The fourth-order valence-electron chi connectivity index (χ4n) is 2.08. The second kappa shape index (κ2) is 11.7. The summed E-state index contributed by atoms with van der Waals surface area (Å²) in [5.41, 5.74) is 1.07. The van der Waals surface area contributed by atoms with Gasteiger partial charge in [0.15, 0.2) is 5.96 Å². The van der Waals surface area contributed by atoms with E-state index in [0.29, 0.717) is 19.7 Å². The number of hydrogen-bond acceptors (Lipinski definition) is 4. The number of ether oxygens (including phenoxy) is 1. The number of rotatable bonds is 7. The first-order chi connectivity index (χ1) is 11.6. The zero-order valence-electron chi connectivity index (χ0n) is 14.6. The van der Waals surface area contributed by atoms with Crippen LogP contribution in [-0.4, -0.2) is 30.6 Å². The Morgan fingerprint density at radius 2 is 1.96 bits per heavy atom. The Balaban J connectivity index is 0.00000312. The smallest absolute Gasteiger partial charge is 0.191 e. The summed E-state index contributed by atoms with van der Waals surface area (Å²) in [6.07, 6.45) is 0. The van der Waals surface area contributed by atoms with Gasteiger partial charge < -0.3 is 15.4 Å². The molecule has 0 amide bonds. The molecule has 1 aromatic carbocycles. The van der Waals surface area contributed by atoms with Crippen molar-refractivity contribution in [3.05, 3.63) is 44.3 Å². The molecule has 0 aliphatic heterocycles. The predicted octanol–water partition coefficient (Wildman–Crippen LogP) is 4.27. The fraction of sp³-hybridized carbons (Fsp3) is 0.412. The molecule has 0 bridgehead atoms. The van der Waals surface area contributed by atoms with Crippen LogP contribution in [-0.2, 0) is 6.54 Å². The van der Waals surface area contributed by atoms with Gasteiger partial charge in [0.25, 0.3) is 0 Å². The van der Waals surface area contributed by atoms with E-state index >= 15 is 0 Å². The van der Waals surface area contributed by atoms with Gasteiger partial charge in [-0.3, -0.25) is 0 Å². The molecule has 0 radical (unpaired) electrons. The molecule has 0 spiro atoms. The summed E-state index contributed by atoms with van der Waals surface area (Å²) in [4.78, 5) is 10.3. The molecule has 0 atom stereocenters. The van der Waals surface area contributed by atoms with Crippen LogP contribution in [0.3, 0.4) is 0 Å². The summed E-state index contributed by atoms with van der Waals surface area (Å²) in [7, 11) is 0. The van der Waals surface area contributed by atoms with E-state index in [2.05, 4.69) is 43.5 Å². The van der Waals surface area contributed by atoms with Gasteiger partial charge in [-0.15, -0.1) is 35.3 Å². The van der Waals surface area contributed by atoms with Gasteiger partial charge in [0, 0.05) is 15.9 Å². The van der Waals surface area contributed by atoms with Crippen molar-refractivity contribution >= 4 is 57.2 Å². The maximum absolute atomic E-state index is 5.70. The van der Waals surface area contributed by atoms with E-state index in [1.807, 2.05) is 38.1 Å². The topological polar surface area (TPSA) is 58.5 Å². The lowest BCUT2D eigenvalue weighted by molar-refractivity contribution is 0.322. The van der Waals surface area contributed by atoms with Crippen LogP contribution in [0.4, 0.5) is 0 Å². The Labute approximate surface area is 178 Å². The maximum atomic E-state index is 5.70. The number of halogens is 2. The third-order valence-corrected chi connectivity index (χ3v) is 4.79. The third-order valence-electron chi connectivity index (χ3n) is 3.20. The number of guanidine groups is 1. The molecule has 1 heterocycles. The average Bonchev–Trinajstić information content (AvgIpc) is 2.88. The molecule has 8 heteroatoms. The van der Waals surface area contributed by atoms with Crippen molar-refractivity contribution < 1.29 is 4.74 Å². The molecule has 0 saturated carbocycles. The molecule has 0 fully saturated rings. The van der Waals surface area contributed by atoms with Crippen molar-refractivity contribution in [1.82, 2.24) is 15.6 Å². The fourth-order valence-corrected chi connectivity index (χ4v) is 3.21. The van der Waals surface area contributed by atoms with Crippen molar-refractivity contribution in [1.29, 1.82) is 0 Å². The summed E-state index contributed by atoms with van der Waals surface area (Å²) < 4.78 is 6.75. The highest BCUT2D eigenvalue weighted by molar-refractivity contribution is 14.0. The highest BCUT2D eigenvalue weighted by Crippen LogP contribution is 2.18. The second-order valence-corrected chi connectivity index (χ2v) is 7.37. The molecule has 5 nitrogen and oxygen atoms in total. The number of thiazole rings is 1. The van der Waals surface area contributed by atoms with E-state index in [-0.39, 0.29) is 24.0 Å². The van der Waals surface area contributed by atoms with Gasteiger partial charge in [-0.25, -0.2) is 9.98 Å². The van der Waals surface area contributed by atoms with Crippen molar-refractivity contribution in [2.75, 3.05) is 19.7 Å². The molecular weight excluding hydrogens is 515 g/mol. The molecule has 2 rings (SSSR count). The summed E-state index contributed by atoms with van der Waals surface area (Å²) in [6, 6.07) is 7.82. The Kier molecular flexibility index (Phi) is 10.4. The van der Waals surface area contributed by atoms with Crippen molar-refractivity contribution in [3.63, 3.8) is 0 Å². The largest absolute Gasteiger partial charge is 0.492 e. The number of nitrogens with one attached hydrogen (secondary N) is 2. The van der Waals surface area contributed by atoms with Crippen LogP contribution in [0.15, 0.2) is 33.7 Å². The normalized spacial score (nSPS) is 11.0. The van der Waals surface area contributed by atoms with Crippen LogP contribution in [0.1, 0.15) is 22.5 Å². The Bertz CT molecular complexity index is 676. The minimum absolute atomic E-state index is 0. The lowest BCUT2D eigenvalue weighted by Crippen LogP contribution is -2.39. The number of aliphatic imine (C=N–C) groups is 1. The van der Waals surface area contributed by atoms with Crippen LogP contribution < -0.4 is 15.4 Å². The van der Waals surface area contributed by atoms with Gasteiger partial charge in [0.1, 0.15) is 12.4 Å². The second-order valence-electron chi connectivity index (χ2n) is 5.17. The van der Waals surface area contributed by atoms with Crippen LogP contribution in [0.25, 0.3) is 0 Å². The highest BCUT2D eigenvalue weighted by atomic mass is 127. The molecule has 1 aromatic heterocycles. The van der Waals surface area contributed by atoms with E-state index in [1.54, 1.807) is 11.3 Å². The van der Waals surface area contributed by atoms with Gasteiger partial charge in [-0.1, -0.05) is 15.9 Å². The molecule has 0 aliphatic carbocycles. The van der Waals surface area contributed by atoms with E-state index in [0.717, 1.165) is 33.4 Å². The van der Waals surface area contributed by atoms with Crippen LogP contribution in [0, 0.1) is 13.8 Å². The molecular formula is C17H24BrIN4OS. The molecule has 0 unspecified atom stereocenters. The van der Waals surface area contributed by atoms with E-state index in [9.17, 15) is 0 Å². The van der Waals surface area contributed by atoms with Crippen molar-refractivity contribution in [2.45, 2.75) is 27.3 Å². The minimum atomic E-state index is 0. The third kappa shape index (κ3) is 7.91. The lowest BCUT2D eigenvalue weighted by Gasteiger charge is -2.12. The summed E-state index contributed by atoms with van der Waals surface area (Å²) in [5.74, 6) is 1.65.